The van der Waals surface area contributed by atoms with Crippen LogP contribution in [0, 0.1) is 13.8 Å². The highest BCUT2D eigenvalue weighted by Gasteiger charge is 2.29. The highest BCUT2D eigenvalue weighted by Crippen LogP contribution is 2.45. The molecule has 0 saturated carbocycles. The second-order valence-corrected chi connectivity index (χ2v) is 37.9. The molecule has 0 radical (unpaired) electrons. The van der Waals surface area contributed by atoms with Crippen molar-refractivity contribution in [3.63, 3.8) is 0 Å². The number of thiophene rings is 3. The quantitative estimate of drug-likeness (QED) is 0.0312. The number of sulfonamides is 3. The van der Waals surface area contributed by atoms with Gasteiger partial charge in [-0.3, -0.25) is 38.1 Å². The van der Waals surface area contributed by atoms with E-state index < -0.39 is 41.9 Å². The van der Waals surface area contributed by atoms with E-state index in [0.29, 0.717) is 71.3 Å². The summed E-state index contributed by atoms with van der Waals surface area (Å²) in [6.45, 7) is 21.8. The summed E-state index contributed by atoms with van der Waals surface area (Å²) >= 11 is 3.94. The highest BCUT2D eigenvalue weighted by atomic mass is 32.2. The molecule has 113 heavy (non-hydrogen) atoms. The summed E-state index contributed by atoms with van der Waals surface area (Å²) < 4.78 is 115. The minimum Gasteiger partial charge on any atom is -0.493 e. The zero-order valence-electron chi connectivity index (χ0n) is 66.2. The van der Waals surface area contributed by atoms with Crippen molar-refractivity contribution >= 4 is 169 Å². The van der Waals surface area contributed by atoms with Crippen molar-refractivity contribution in [3.05, 3.63) is 199 Å². The summed E-state index contributed by atoms with van der Waals surface area (Å²) in [6, 6.07) is 43.1. The molecule has 0 fully saturated rings. The maximum atomic E-state index is 13.5. The molecule has 0 atom stereocenters. The molecule has 25 nitrogen and oxygen atoms in total. The molecule has 0 aliphatic heterocycles. The smallest absolute Gasteiger partial charge is 0.265 e. The molecule has 598 valence electrons. The van der Waals surface area contributed by atoms with Crippen molar-refractivity contribution < 1.29 is 77.6 Å². The average Bonchev–Trinajstić information content (AvgIpc) is 1.74. The average molecular weight is 1650 g/mol. The van der Waals surface area contributed by atoms with E-state index in [4.69, 9.17) is 28.4 Å². The molecular formula is C82H92N8O17S6. The fourth-order valence-corrected chi connectivity index (χ4v) is 16.5. The molecule has 31 heteroatoms. The Bertz CT molecular complexity index is 5850. The lowest BCUT2D eigenvalue weighted by molar-refractivity contribution is 0.101. The normalized spacial score (nSPS) is 11.8. The maximum Gasteiger partial charge on any atom is 0.265 e. The van der Waals surface area contributed by atoms with Gasteiger partial charge in [-0.2, -0.15) is 0 Å². The number of benzene rings is 8. The van der Waals surface area contributed by atoms with E-state index in [1.54, 1.807) is 78.9 Å². The first-order valence-electron chi connectivity index (χ1n) is 34.9. The Kier molecular flexibility index (Phi) is 26.3. The molecule has 0 aliphatic carbocycles. The van der Waals surface area contributed by atoms with Crippen molar-refractivity contribution in [1.29, 1.82) is 0 Å². The van der Waals surface area contributed by atoms with Crippen LogP contribution in [-0.2, 0) is 46.3 Å². The van der Waals surface area contributed by atoms with Gasteiger partial charge in [0, 0.05) is 47.4 Å². The molecular weight excluding hydrogens is 1560 g/mol. The van der Waals surface area contributed by atoms with E-state index in [-0.39, 0.29) is 73.8 Å². The first-order chi connectivity index (χ1) is 52.8. The lowest BCUT2D eigenvalue weighted by Crippen LogP contribution is -2.18. The number of hydrogen-bond acceptors (Lipinski definition) is 20. The molecule has 11 aromatic rings. The fraction of sp³-hybridized carbons (Fsp3) is 0.280. The third-order valence-corrected chi connectivity index (χ3v) is 22.6. The summed E-state index contributed by atoms with van der Waals surface area (Å²) in [5.74, 6) is -0.0439. The number of amides is 5. The fourth-order valence-electron chi connectivity index (χ4n) is 11.8. The van der Waals surface area contributed by atoms with Gasteiger partial charge in [-0.05, 0) is 166 Å². The minimum atomic E-state index is -3.63. The summed E-state index contributed by atoms with van der Waals surface area (Å²) in [5.41, 5.74) is 7.23. The molecule has 8 aromatic carbocycles. The monoisotopic (exact) mass is 1650 g/mol. The van der Waals surface area contributed by atoms with Crippen LogP contribution in [0.5, 0.6) is 34.5 Å². The van der Waals surface area contributed by atoms with Gasteiger partial charge >= 0.3 is 0 Å². The van der Waals surface area contributed by atoms with E-state index in [1.165, 1.54) is 76.7 Å². The number of carbonyl (C=O) groups is 5. The highest BCUT2D eigenvalue weighted by molar-refractivity contribution is 7.92. The standard InChI is InChI=1S/C31H35N3O8S2.C29H31N3O5S2.C22H26N2O4S2/c1-31(2,3)18-14-21(27(41-6)22(15-18)34-44(8,37)38)33-30(36)26-16-19-20(10-9-11-25(19)43-26)32-29(35)17-12-23(39-4)28(42-7)24(13-17)40-5;1-17-10-7-8-11-19(17)27(33)30-21-12-9-13-24-20(21)16-25(38-24)28(34)31-22-14-18(29(2,3)4)15-23(26(22)37-5)32-39(6,35)36;1-13-8-7-9-18-15(13)12-19(29-18)21(25)23-16-10-14(22(2,3)4)11-17(20(16)28-5)24-30(6,26)27/h9-16,34H,1-8H3,(H,32,35)(H,33,36);7-16,32H,1-6H3,(H,30,33)(H,31,34);7-12,24H,1-6H3,(H,23,25). The Hall–Kier alpha value is -11.0. The van der Waals surface area contributed by atoms with Crippen LogP contribution < -0.4 is 69.2 Å². The molecule has 0 spiro atoms. The van der Waals surface area contributed by atoms with E-state index in [2.05, 4.69) is 40.8 Å². The van der Waals surface area contributed by atoms with Gasteiger partial charge in [0.2, 0.25) is 35.8 Å². The molecule has 0 aliphatic rings. The maximum absolute atomic E-state index is 13.5. The molecule has 0 unspecified atom stereocenters. The number of methoxy groups -OCH3 is 6. The van der Waals surface area contributed by atoms with Gasteiger partial charge in [0.1, 0.15) is 0 Å². The van der Waals surface area contributed by atoms with Crippen molar-refractivity contribution in [2.45, 2.75) is 92.4 Å². The number of hydrogen-bond donors (Lipinski definition) is 8. The molecule has 8 N–H and O–H groups in total. The van der Waals surface area contributed by atoms with E-state index in [1.807, 2.05) is 143 Å². The summed E-state index contributed by atoms with van der Waals surface area (Å²) in [6.07, 6.45) is 3.18. The van der Waals surface area contributed by atoms with Crippen molar-refractivity contribution in [2.24, 2.45) is 0 Å². The van der Waals surface area contributed by atoms with Gasteiger partial charge in [0.15, 0.2) is 28.7 Å². The van der Waals surface area contributed by atoms with Gasteiger partial charge in [0.05, 0.1) is 110 Å². The van der Waals surface area contributed by atoms with Gasteiger partial charge < -0.3 is 55.0 Å². The Labute approximate surface area is 670 Å². The van der Waals surface area contributed by atoms with Crippen LogP contribution in [0.15, 0.2) is 146 Å². The topological polar surface area (TPSA) is 339 Å². The van der Waals surface area contributed by atoms with Crippen LogP contribution in [0.1, 0.15) is 140 Å². The summed E-state index contributed by atoms with van der Waals surface area (Å²) in [5, 5.41) is 17.0. The Balaban J connectivity index is 0.000000198. The number of anilines is 8. The van der Waals surface area contributed by atoms with E-state index in [0.717, 1.165) is 71.5 Å². The number of carbonyl (C=O) groups excluding carboxylic acids is 5. The Morgan fingerprint density at radius 3 is 0.938 bits per heavy atom. The zero-order valence-corrected chi connectivity index (χ0v) is 71.1. The molecule has 3 heterocycles. The van der Waals surface area contributed by atoms with E-state index in [9.17, 15) is 49.2 Å². The van der Waals surface area contributed by atoms with Crippen LogP contribution >= 0.6 is 34.0 Å². The Morgan fingerprint density at radius 1 is 0.319 bits per heavy atom. The van der Waals surface area contributed by atoms with E-state index >= 15 is 0 Å². The second kappa shape index (κ2) is 34.6. The summed E-state index contributed by atoms with van der Waals surface area (Å²) in [4.78, 5) is 67.6. The van der Waals surface area contributed by atoms with Crippen LogP contribution in [-0.4, -0.2) is 116 Å². The number of aryl methyl sites for hydroxylation is 2. The SMILES string of the molecule is COc1c(NC(=O)c2cc3c(C)cccc3s2)cc(C(C)(C)C)cc1NS(C)(=O)=O.COc1c(NC(=O)c2cc3c(NC(=O)c4ccccc4C)cccc3s2)cc(C(C)(C)C)cc1NS(C)(=O)=O.COc1cc(C(=O)Nc2cccc3sc(C(=O)Nc4cc(C(C)(C)C)cc(NS(C)(=O)=O)c4OC)cc23)cc(OC)c1OC. The van der Waals surface area contributed by atoms with Crippen molar-refractivity contribution in [2.75, 3.05) is 102 Å². The second-order valence-electron chi connectivity index (χ2n) is 29.4. The number of ether oxygens (including phenoxy) is 6. The molecule has 5 amide bonds. The number of fused-ring (bicyclic) bond motifs is 3. The van der Waals surface area contributed by atoms with Crippen LogP contribution in [0.4, 0.5) is 45.5 Å². The van der Waals surface area contributed by atoms with Gasteiger partial charge in [0.25, 0.3) is 29.5 Å². The predicted octanol–water partition coefficient (Wildman–Crippen LogP) is 17.6. The number of nitrogens with one attached hydrogen (secondary N) is 8. The predicted molar refractivity (Wildman–Crippen MR) is 458 cm³/mol. The van der Waals surface area contributed by atoms with Gasteiger partial charge in [-0.15, -0.1) is 34.0 Å². The molecule has 0 bridgehead atoms. The Morgan fingerprint density at radius 2 is 0.619 bits per heavy atom. The zero-order chi connectivity index (χ0) is 83.2. The first kappa shape index (κ1) is 86.0. The number of rotatable bonds is 22. The summed E-state index contributed by atoms with van der Waals surface area (Å²) in [7, 11) is -2.09. The van der Waals surface area contributed by atoms with Crippen molar-refractivity contribution in [1.82, 2.24) is 0 Å². The van der Waals surface area contributed by atoms with Crippen LogP contribution in [0.3, 0.4) is 0 Å². The lowest BCUT2D eigenvalue weighted by atomic mass is 9.86. The van der Waals surface area contributed by atoms with Gasteiger partial charge in [-0.25, -0.2) is 25.3 Å². The molecule has 11 rings (SSSR count). The third kappa shape index (κ3) is 21.4. The van der Waals surface area contributed by atoms with Crippen LogP contribution in [0.2, 0.25) is 0 Å². The molecule has 3 aromatic heterocycles. The molecule has 0 saturated heterocycles. The van der Waals surface area contributed by atoms with Crippen molar-refractivity contribution in [3.8, 4) is 34.5 Å². The first-order valence-corrected chi connectivity index (χ1v) is 43.0. The minimum absolute atomic E-state index is 0.177. The third-order valence-electron chi connectivity index (χ3n) is 17.5. The lowest BCUT2D eigenvalue weighted by Gasteiger charge is -2.23. The van der Waals surface area contributed by atoms with Gasteiger partial charge in [-0.1, -0.05) is 105 Å². The largest absolute Gasteiger partial charge is 0.493 e. The van der Waals surface area contributed by atoms with Crippen LogP contribution in [0.25, 0.3) is 30.3 Å².